The zero-order valence-electron chi connectivity index (χ0n) is 11.7. The van der Waals surface area contributed by atoms with Crippen molar-refractivity contribution in [2.45, 2.75) is 38.3 Å². The van der Waals surface area contributed by atoms with E-state index in [0.29, 0.717) is 12.8 Å². The molecule has 1 aliphatic heterocycles. The van der Waals surface area contributed by atoms with Gasteiger partial charge in [0.05, 0.1) is 6.10 Å². The Kier molecular flexibility index (Phi) is 4.39. The number of nitrogens with zero attached hydrogens (tertiary/aromatic N) is 1. The minimum Gasteiger partial charge on any atom is -0.480 e. The van der Waals surface area contributed by atoms with Crippen LogP contribution in [-0.4, -0.2) is 36.2 Å². The van der Waals surface area contributed by atoms with Gasteiger partial charge in [0.2, 0.25) is 5.91 Å². The van der Waals surface area contributed by atoms with Gasteiger partial charge in [0.25, 0.3) is 0 Å². The molecule has 20 heavy (non-hydrogen) atoms. The third-order valence-electron chi connectivity index (χ3n) is 3.70. The van der Waals surface area contributed by atoms with E-state index >= 15 is 0 Å². The highest BCUT2D eigenvalue weighted by atomic mass is 16.5. The van der Waals surface area contributed by atoms with Crippen molar-refractivity contribution in [3.05, 3.63) is 29.8 Å². The number of hydrogen-bond donors (Lipinski definition) is 1. The van der Waals surface area contributed by atoms with Gasteiger partial charge in [-0.3, -0.25) is 9.69 Å². The van der Waals surface area contributed by atoms with Gasteiger partial charge in [0.1, 0.15) is 6.04 Å². The fraction of sp³-hybridized carbons (Fsp3) is 0.467. The van der Waals surface area contributed by atoms with Crippen molar-refractivity contribution in [1.82, 2.24) is 0 Å². The Morgan fingerprint density at radius 3 is 2.80 bits per heavy atom. The molecule has 1 aromatic rings. The molecule has 0 saturated heterocycles. The van der Waals surface area contributed by atoms with E-state index < -0.39 is 12.0 Å². The van der Waals surface area contributed by atoms with Gasteiger partial charge >= 0.3 is 5.97 Å². The number of para-hydroxylation sites is 1. The van der Waals surface area contributed by atoms with E-state index in [2.05, 4.69) is 0 Å². The second-order valence-electron chi connectivity index (χ2n) is 5.04. The van der Waals surface area contributed by atoms with Crippen LogP contribution in [0.2, 0.25) is 0 Å². The van der Waals surface area contributed by atoms with E-state index in [0.717, 1.165) is 11.3 Å². The Labute approximate surface area is 118 Å². The lowest BCUT2D eigenvalue weighted by Crippen LogP contribution is -2.43. The number of carboxylic acid groups (broad SMARTS) is 1. The summed E-state index contributed by atoms with van der Waals surface area (Å²) in [6.45, 7) is 1.89. The van der Waals surface area contributed by atoms with Crippen LogP contribution in [0.3, 0.4) is 0 Å². The van der Waals surface area contributed by atoms with E-state index in [1.165, 1.54) is 4.90 Å². The lowest BCUT2D eigenvalue weighted by atomic mass is 10.1. The van der Waals surface area contributed by atoms with E-state index in [1.807, 2.05) is 25.1 Å². The molecule has 5 heteroatoms. The average Bonchev–Trinajstić information content (AvgIpc) is 2.84. The molecule has 1 amide bonds. The number of benzene rings is 1. The van der Waals surface area contributed by atoms with Gasteiger partial charge in [-0.1, -0.05) is 18.2 Å². The number of anilines is 1. The van der Waals surface area contributed by atoms with Gasteiger partial charge in [0, 0.05) is 25.6 Å². The highest BCUT2D eigenvalue weighted by Gasteiger charge is 2.37. The quantitative estimate of drug-likeness (QED) is 0.892. The topological polar surface area (TPSA) is 66.8 Å². The number of carbonyl (C=O) groups is 2. The van der Waals surface area contributed by atoms with Gasteiger partial charge in [-0.2, -0.15) is 0 Å². The monoisotopic (exact) mass is 277 g/mol. The van der Waals surface area contributed by atoms with Crippen LogP contribution in [-0.2, 0) is 20.7 Å². The first kappa shape index (κ1) is 14.5. The van der Waals surface area contributed by atoms with Crippen LogP contribution in [0.25, 0.3) is 0 Å². The minimum absolute atomic E-state index is 0.0138. The summed E-state index contributed by atoms with van der Waals surface area (Å²) in [6.07, 6.45) is 1.23. The summed E-state index contributed by atoms with van der Waals surface area (Å²) >= 11 is 0. The summed E-state index contributed by atoms with van der Waals surface area (Å²) in [5.41, 5.74) is 1.63. The number of carbonyl (C=O) groups excluding carboxylic acids is 1. The Bertz CT molecular complexity index is 514. The van der Waals surface area contributed by atoms with Crippen molar-refractivity contribution in [3.8, 4) is 0 Å². The molecule has 0 fully saturated rings. The molecule has 0 aliphatic carbocycles. The minimum atomic E-state index is -0.964. The number of methoxy groups -OCH3 is 1. The molecule has 0 spiro atoms. The zero-order valence-corrected chi connectivity index (χ0v) is 11.7. The maximum atomic E-state index is 12.4. The molecule has 2 atom stereocenters. The second-order valence-corrected chi connectivity index (χ2v) is 5.04. The van der Waals surface area contributed by atoms with Crippen LogP contribution in [0.5, 0.6) is 0 Å². The van der Waals surface area contributed by atoms with Crippen LogP contribution in [0.4, 0.5) is 5.69 Å². The molecule has 108 valence electrons. The molecular weight excluding hydrogens is 258 g/mol. The van der Waals surface area contributed by atoms with E-state index in [4.69, 9.17) is 4.74 Å². The van der Waals surface area contributed by atoms with Gasteiger partial charge in [0.15, 0.2) is 0 Å². The number of carboxylic acids is 1. The molecule has 0 saturated carbocycles. The Balaban J connectivity index is 2.18. The highest BCUT2D eigenvalue weighted by molar-refractivity contribution is 6.01. The van der Waals surface area contributed by atoms with E-state index in [-0.39, 0.29) is 18.4 Å². The van der Waals surface area contributed by atoms with Crippen molar-refractivity contribution < 1.29 is 19.4 Å². The van der Waals surface area contributed by atoms with E-state index in [9.17, 15) is 14.7 Å². The number of hydrogen-bond acceptors (Lipinski definition) is 3. The molecule has 5 nitrogen and oxygen atoms in total. The summed E-state index contributed by atoms with van der Waals surface area (Å²) in [4.78, 5) is 25.1. The summed E-state index contributed by atoms with van der Waals surface area (Å²) in [5, 5.41) is 9.31. The van der Waals surface area contributed by atoms with Gasteiger partial charge in [-0.15, -0.1) is 0 Å². The second kappa shape index (κ2) is 6.05. The SMILES string of the molecule is COC(C)CCC(=O)N1c2ccccc2CC1C(=O)O. The van der Waals surface area contributed by atoms with Crippen LogP contribution in [0.1, 0.15) is 25.3 Å². The number of ether oxygens (including phenoxy) is 1. The molecular formula is C15H19NO4. The van der Waals surface area contributed by atoms with Gasteiger partial charge in [-0.25, -0.2) is 4.79 Å². The highest BCUT2D eigenvalue weighted by Crippen LogP contribution is 2.32. The smallest absolute Gasteiger partial charge is 0.327 e. The molecule has 1 N–H and O–H groups in total. The number of aliphatic carboxylic acids is 1. The van der Waals surface area contributed by atoms with Crippen molar-refractivity contribution in [3.63, 3.8) is 0 Å². The fourth-order valence-electron chi connectivity index (χ4n) is 2.46. The van der Waals surface area contributed by atoms with Gasteiger partial charge < -0.3 is 9.84 Å². The Morgan fingerprint density at radius 2 is 2.15 bits per heavy atom. The predicted octanol–water partition coefficient (Wildman–Crippen LogP) is 1.84. The molecule has 2 unspecified atom stereocenters. The Morgan fingerprint density at radius 1 is 1.45 bits per heavy atom. The first-order valence-corrected chi connectivity index (χ1v) is 6.70. The summed E-state index contributed by atoms with van der Waals surface area (Å²) in [7, 11) is 1.60. The third-order valence-corrected chi connectivity index (χ3v) is 3.70. The summed E-state index contributed by atoms with van der Waals surface area (Å²) in [6, 6.07) is 6.56. The molecule has 0 bridgehead atoms. The Hall–Kier alpha value is -1.88. The molecule has 1 heterocycles. The van der Waals surface area contributed by atoms with Crippen LogP contribution in [0, 0.1) is 0 Å². The largest absolute Gasteiger partial charge is 0.480 e. The first-order chi connectivity index (χ1) is 9.54. The van der Waals surface area contributed by atoms with Crippen molar-refractivity contribution in [2.75, 3.05) is 12.0 Å². The normalized spacial score (nSPS) is 18.7. The maximum absolute atomic E-state index is 12.4. The third kappa shape index (κ3) is 2.82. The van der Waals surface area contributed by atoms with Crippen molar-refractivity contribution >= 4 is 17.6 Å². The lowest BCUT2D eigenvalue weighted by molar-refractivity contribution is -0.139. The fourth-order valence-corrected chi connectivity index (χ4v) is 2.46. The molecule has 2 rings (SSSR count). The standard InChI is InChI=1S/C15H19NO4/c1-10(20-2)7-8-14(17)16-12-6-4-3-5-11(12)9-13(16)15(18)19/h3-6,10,13H,7-9H2,1-2H3,(H,18,19). The average molecular weight is 277 g/mol. The molecule has 0 aromatic heterocycles. The van der Waals surface area contributed by atoms with Crippen LogP contribution in [0.15, 0.2) is 24.3 Å². The molecule has 1 aliphatic rings. The van der Waals surface area contributed by atoms with Gasteiger partial charge in [-0.05, 0) is 25.0 Å². The van der Waals surface area contributed by atoms with Crippen LogP contribution < -0.4 is 4.90 Å². The maximum Gasteiger partial charge on any atom is 0.327 e. The number of amides is 1. The van der Waals surface area contributed by atoms with Crippen molar-refractivity contribution in [2.24, 2.45) is 0 Å². The summed E-state index contributed by atoms with van der Waals surface area (Å²) in [5.74, 6) is -1.12. The molecule has 1 aromatic carbocycles. The lowest BCUT2D eigenvalue weighted by Gasteiger charge is -2.23. The summed E-state index contributed by atoms with van der Waals surface area (Å²) < 4.78 is 5.12. The molecule has 0 radical (unpaired) electrons. The zero-order chi connectivity index (χ0) is 14.7. The number of fused-ring (bicyclic) bond motifs is 1. The first-order valence-electron chi connectivity index (χ1n) is 6.70. The van der Waals surface area contributed by atoms with E-state index in [1.54, 1.807) is 13.2 Å². The van der Waals surface area contributed by atoms with Crippen molar-refractivity contribution in [1.29, 1.82) is 0 Å². The van der Waals surface area contributed by atoms with Crippen LogP contribution >= 0.6 is 0 Å². The predicted molar refractivity (Wildman–Crippen MR) is 74.8 cm³/mol. The number of rotatable bonds is 5.